The molecule has 1 heterocycles. The SMILES string of the molecule is O[C@H]1CNCC[C@@H]1CN(Cc1ccccc1)Cc1ccccc1. The minimum atomic E-state index is -0.238. The maximum absolute atomic E-state index is 10.3. The number of nitrogens with one attached hydrogen (secondary N) is 1. The number of aliphatic hydroxyl groups is 1. The van der Waals surface area contributed by atoms with Crippen molar-refractivity contribution < 1.29 is 5.11 Å². The Labute approximate surface area is 139 Å². The first-order valence-corrected chi connectivity index (χ1v) is 8.50. The van der Waals surface area contributed by atoms with Gasteiger partial charge < -0.3 is 10.4 Å². The Bertz CT molecular complexity index is 531. The third-order valence-corrected chi connectivity index (χ3v) is 4.58. The number of β-amino-alcohol motifs (C(OH)–C–C–N with tert-alkyl or cyclic N) is 1. The number of hydrogen-bond donors (Lipinski definition) is 2. The molecule has 1 aliphatic rings. The summed E-state index contributed by atoms with van der Waals surface area (Å²) in [5.74, 6) is 0.351. The molecular weight excluding hydrogens is 284 g/mol. The van der Waals surface area contributed by atoms with Crippen LogP contribution in [0.25, 0.3) is 0 Å². The number of nitrogens with zero attached hydrogens (tertiary/aromatic N) is 1. The van der Waals surface area contributed by atoms with Crippen LogP contribution in [0.15, 0.2) is 60.7 Å². The van der Waals surface area contributed by atoms with Crippen molar-refractivity contribution in [3.63, 3.8) is 0 Å². The molecule has 122 valence electrons. The van der Waals surface area contributed by atoms with E-state index >= 15 is 0 Å². The fraction of sp³-hybridized carbons (Fsp3) is 0.400. The Morgan fingerprint density at radius 1 is 0.913 bits per heavy atom. The molecule has 23 heavy (non-hydrogen) atoms. The zero-order valence-corrected chi connectivity index (χ0v) is 13.6. The van der Waals surface area contributed by atoms with E-state index in [9.17, 15) is 5.11 Å². The smallest absolute Gasteiger partial charge is 0.0705 e. The third kappa shape index (κ3) is 4.90. The molecule has 0 unspecified atom stereocenters. The van der Waals surface area contributed by atoms with Crippen LogP contribution in [0.5, 0.6) is 0 Å². The van der Waals surface area contributed by atoms with E-state index in [0.29, 0.717) is 5.92 Å². The van der Waals surface area contributed by atoms with Gasteiger partial charge in [-0.25, -0.2) is 0 Å². The Balaban J connectivity index is 1.69. The lowest BCUT2D eigenvalue weighted by Crippen LogP contribution is -2.45. The Hall–Kier alpha value is -1.68. The predicted octanol–water partition coefficient (Wildman–Crippen LogP) is 2.66. The van der Waals surface area contributed by atoms with Crippen LogP contribution < -0.4 is 5.32 Å². The summed E-state index contributed by atoms with van der Waals surface area (Å²) in [4.78, 5) is 2.46. The summed E-state index contributed by atoms with van der Waals surface area (Å²) in [5.41, 5.74) is 2.65. The molecule has 0 radical (unpaired) electrons. The highest BCUT2D eigenvalue weighted by molar-refractivity contribution is 5.17. The summed E-state index contributed by atoms with van der Waals surface area (Å²) in [5, 5.41) is 13.5. The molecule has 2 atom stereocenters. The second-order valence-electron chi connectivity index (χ2n) is 6.46. The van der Waals surface area contributed by atoms with Crippen molar-refractivity contribution in [1.82, 2.24) is 10.2 Å². The molecule has 1 fully saturated rings. The summed E-state index contributed by atoms with van der Waals surface area (Å²) in [7, 11) is 0. The van der Waals surface area contributed by atoms with E-state index in [-0.39, 0.29) is 6.10 Å². The molecule has 2 aromatic rings. The van der Waals surface area contributed by atoms with Crippen LogP contribution in [0.4, 0.5) is 0 Å². The van der Waals surface area contributed by atoms with E-state index in [4.69, 9.17) is 0 Å². The third-order valence-electron chi connectivity index (χ3n) is 4.58. The molecule has 3 heteroatoms. The monoisotopic (exact) mass is 310 g/mol. The van der Waals surface area contributed by atoms with E-state index < -0.39 is 0 Å². The topological polar surface area (TPSA) is 35.5 Å². The van der Waals surface area contributed by atoms with E-state index in [2.05, 4.69) is 70.9 Å². The molecule has 0 bridgehead atoms. The fourth-order valence-corrected chi connectivity index (χ4v) is 3.31. The molecule has 0 aliphatic carbocycles. The highest BCUT2D eigenvalue weighted by Crippen LogP contribution is 2.18. The van der Waals surface area contributed by atoms with Gasteiger partial charge in [0.05, 0.1) is 6.10 Å². The molecule has 1 saturated heterocycles. The van der Waals surface area contributed by atoms with E-state index in [1.165, 1.54) is 11.1 Å². The van der Waals surface area contributed by atoms with Crippen LogP contribution in [0.3, 0.4) is 0 Å². The number of hydrogen-bond acceptors (Lipinski definition) is 3. The fourth-order valence-electron chi connectivity index (χ4n) is 3.31. The lowest BCUT2D eigenvalue weighted by Gasteiger charge is -2.33. The zero-order chi connectivity index (χ0) is 15.9. The minimum Gasteiger partial charge on any atom is -0.391 e. The van der Waals surface area contributed by atoms with Crippen molar-refractivity contribution in [1.29, 1.82) is 0 Å². The molecule has 1 aliphatic heterocycles. The molecule has 2 aromatic carbocycles. The van der Waals surface area contributed by atoms with Crippen molar-refractivity contribution in [3.8, 4) is 0 Å². The summed E-state index contributed by atoms with van der Waals surface area (Å²) in [6.07, 6.45) is 0.805. The van der Waals surface area contributed by atoms with Gasteiger partial charge in [0.15, 0.2) is 0 Å². The van der Waals surface area contributed by atoms with Crippen molar-refractivity contribution in [2.45, 2.75) is 25.6 Å². The van der Waals surface area contributed by atoms with Gasteiger partial charge in [-0.05, 0) is 24.1 Å². The maximum Gasteiger partial charge on any atom is 0.0705 e. The minimum absolute atomic E-state index is 0.238. The lowest BCUT2D eigenvalue weighted by atomic mass is 9.94. The van der Waals surface area contributed by atoms with Crippen LogP contribution in [0, 0.1) is 5.92 Å². The molecule has 2 N–H and O–H groups in total. The van der Waals surface area contributed by atoms with Crippen LogP contribution >= 0.6 is 0 Å². The first-order chi connectivity index (χ1) is 11.3. The molecular formula is C20H26N2O. The van der Waals surface area contributed by atoms with E-state index in [0.717, 1.165) is 39.1 Å². The molecule has 0 aromatic heterocycles. The average molecular weight is 310 g/mol. The van der Waals surface area contributed by atoms with Crippen molar-refractivity contribution >= 4 is 0 Å². The number of rotatable bonds is 6. The molecule has 0 saturated carbocycles. The quantitative estimate of drug-likeness (QED) is 0.861. The van der Waals surface area contributed by atoms with Gasteiger partial charge in [0.25, 0.3) is 0 Å². The van der Waals surface area contributed by atoms with Gasteiger partial charge in [-0.3, -0.25) is 4.90 Å². The van der Waals surface area contributed by atoms with Gasteiger partial charge >= 0.3 is 0 Å². The summed E-state index contributed by atoms with van der Waals surface area (Å²) in [6, 6.07) is 21.2. The predicted molar refractivity (Wildman–Crippen MR) is 94.0 cm³/mol. The van der Waals surface area contributed by atoms with Crippen molar-refractivity contribution in [3.05, 3.63) is 71.8 Å². The van der Waals surface area contributed by atoms with E-state index in [1.54, 1.807) is 0 Å². The first-order valence-electron chi connectivity index (χ1n) is 8.50. The Morgan fingerprint density at radius 3 is 2.00 bits per heavy atom. The lowest BCUT2D eigenvalue weighted by molar-refractivity contribution is 0.0529. The van der Waals surface area contributed by atoms with Gasteiger partial charge in [0.2, 0.25) is 0 Å². The normalized spacial score (nSPS) is 21.5. The van der Waals surface area contributed by atoms with Crippen molar-refractivity contribution in [2.75, 3.05) is 19.6 Å². The second kappa shape index (κ2) is 8.25. The highest BCUT2D eigenvalue weighted by atomic mass is 16.3. The second-order valence-corrected chi connectivity index (χ2v) is 6.46. The number of piperidine rings is 1. The first kappa shape index (κ1) is 16.2. The zero-order valence-electron chi connectivity index (χ0n) is 13.6. The Kier molecular flexibility index (Phi) is 5.81. The standard InChI is InChI=1S/C20H26N2O/c23-20-13-21-12-11-19(20)16-22(14-17-7-3-1-4-8-17)15-18-9-5-2-6-10-18/h1-10,19-21,23H,11-16H2/t19-,20+/m1/s1. The van der Waals surface area contributed by atoms with Gasteiger partial charge in [-0.1, -0.05) is 60.7 Å². The van der Waals surface area contributed by atoms with Gasteiger partial charge in [-0.15, -0.1) is 0 Å². The summed E-state index contributed by atoms with van der Waals surface area (Å²) >= 11 is 0. The van der Waals surface area contributed by atoms with Crippen LogP contribution in [0.2, 0.25) is 0 Å². The highest BCUT2D eigenvalue weighted by Gasteiger charge is 2.25. The molecule has 3 nitrogen and oxygen atoms in total. The molecule has 0 amide bonds. The van der Waals surface area contributed by atoms with Gasteiger partial charge in [0.1, 0.15) is 0 Å². The largest absolute Gasteiger partial charge is 0.391 e. The molecule has 3 rings (SSSR count). The van der Waals surface area contributed by atoms with Gasteiger partial charge in [-0.2, -0.15) is 0 Å². The van der Waals surface area contributed by atoms with Crippen LogP contribution in [-0.2, 0) is 13.1 Å². The summed E-state index contributed by atoms with van der Waals surface area (Å²) < 4.78 is 0. The van der Waals surface area contributed by atoms with Crippen LogP contribution in [0.1, 0.15) is 17.5 Å². The molecule has 0 spiro atoms. The Morgan fingerprint density at radius 2 is 1.48 bits per heavy atom. The number of aliphatic hydroxyl groups excluding tert-OH is 1. The maximum atomic E-state index is 10.3. The van der Waals surface area contributed by atoms with E-state index in [1.807, 2.05) is 0 Å². The van der Waals surface area contributed by atoms with Gasteiger partial charge in [0, 0.05) is 32.1 Å². The number of benzene rings is 2. The van der Waals surface area contributed by atoms with Crippen LogP contribution in [-0.4, -0.2) is 35.7 Å². The van der Waals surface area contributed by atoms with Crippen molar-refractivity contribution in [2.24, 2.45) is 5.92 Å². The average Bonchev–Trinajstić information content (AvgIpc) is 2.59. The summed E-state index contributed by atoms with van der Waals surface area (Å²) in [6.45, 7) is 4.51.